The van der Waals surface area contributed by atoms with E-state index >= 15 is 0 Å². The first-order valence-electron chi connectivity index (χ1n) is 8.50. The monoisotopic (exact) mass is 333 g/mol. The van der Waals surface area contributed by atoms with Gasteiger partial charge in [-0.15, -0.1) is 0 Å². The molecule has 1 aromatic rings. The molecule has 0 radical (unpaired) electrons. The van der Waals surface area contributed by atoms with Gasteiger partial charge in [-0.2, -0.15) is 0 Å². The van der Waals surface area contributed by atoms with Gasteiger partial charge in [-0.1, -0.05) is 26.0 Å². The first-order chi connectivity index (χ1) is 11.5. The zero-order valence-corrected chi connectivity index (χ0v) is 14.5. The molecule has 0 aromatic heterocycles. The number of rotatable bonds is 7. The third-order valence-electron chi connectivity index (χ3n) is 4.43. The Balaban J connectivity index is 1.79. The highest BCUT2D eigenvalue weighted by Gasteiger charge is 2.27. The summed E-state index contributed by atoms with van der Waals surface area (Å²) in [5, 5.41) is 3.58. The van der Waals surface area contributed by atoms with Crippen molar-refractivity contribution < 1.29 is 14.3 Å². The molecular weight excluding hydrogens is 306 g/mol. The first-order valence-corrected chi connectivity index (χ1v) is 8.50. The molecule has 1 fully saturated rings. The Morgan fingerprint density at radius 3 is 2.62 bits per heavy atom. The van der Waals surface area contributed by atoms with Crippen LogP contribution in [0.1, 0.15) is 32.3 Å². The number of likely N-dealkylation sites (tertiary alicyclic amines) is 1. The Morgan fingerprint density at radius 2 is 2.04 bits per heavy atom. The van der Waals surface area contributed by atoms with Crippen molar-refractivity contribution in [2.75, 3.05) is 19.7 Å². The number of nitrogens with two attached hydrogens (primary N) is 1. The summed E-state index contributed by atoms with van der Waals surface area (Å²) >= 11 is 0. The molecule has 132 valence electrons. The molecule has 24 heavy (non-hydrogen) atoms. The second kappa shape index (κ2) is 8.68. The number of nitrogens with one attached hydrogen (secondary N) is 1. The molecule has 1 saturated heterocycles. The topological polar surface area (TPSA) is 84.7 Å². The van der Waals surface area contributed by atoms with Crippen molar-refractivity contribution in [2.24, 2.45) is 11.7 Å². The summed E-state index contributed by atoms with van der Waals surface area (Å²) in [6.07, 6.45) is 1.56. The van der Waals surface area contributed by atoms with Crippen molar-refractivity contribution >= 4 is 11.8 Å². The highest BCUT2D eigenvalue weighted by atomic mass is 16.5. The van der Waals surface area contributed by atoms with Crippen LogP contribution in [0, 0.1) is 5.92 Å². The number of primary amides is 1. The number of hydrogen-bond donors (Lipinski definition) is 2. The minimum atomic E-state index is -0.484. The van der Waals surface area contributed by atoms with Gasteiger partial charge in [0.25, 0.3) is 5.91 Å². The molecule has 0 unspecified atom stereocenters. The van der Waals surface area contributed by atoms with Crippen LogP contribution in [0.15, 0.2) is 24.3 Å². The number of carbonyl (C=O) groups excluding carboxylic acids is 2. The Hall–Kier alpha value is -2.08. The summed E-state index contributed by atoms with van der Waals surface area (Å²) in [5.41, 5.74) is 6.21. The first kappa shape index (κ1) is 18.3. The summed E-state index contributed by atoms with van der Waals surface area (Å²) in [7, 11) is 0. The van der Waals surface area contributed by atoms with Crippen molar-refractivity contribution in [2.45, 2.75) is 39.3 Å². The summed E-state index contributed by atoms with van der Waals surface area (Å²) < 4.78 is 5.25. The molecule has 6 heteroatoms. The fraction of sp³-hybridized carbons (Fsp3) is 0.556. The number of carbonyl (C=O) groups is 2. The van der Waals surface area contributed by atoms with E-state index in [4.69, 9.17) is 10.5 Å². The molecule has 1 heterocycles. The Kier molecular flexibility index (Phi) is 6.61. The number of benzene rings is 1. The van der Waals surface area contributed by atoms with E-state index in [-0.39, 0.29) is 12.5 Å². The van der Waals surface area contributed by atoms with Crippen LogP contribution in [0.3, 0.4) is 0 Å². The maximum atomic E-state index is 11.8. The van der Waals surface area contributed by atoms with Crippen molar-refractivity contribution in [1.29, 1.82) is 0 Å². The molecule has 1 aromatic carbocycles. The van der Waals surface area contributed by atoms with Crippen molar-refractivity contribution in [3.05, 3.63) is 29.8 Å². The zero-order valence-electron chi connectivity index (χ0n) is 14.5. The van der Waals surface area contributed by atoms with Gasteiger partial charge in [0, 0.05) is 32.1 Å². The van der Waals surface area contributed by atoms with E-state index in [0.717, 1.165) is 31.6 Å². The van der Waals surface area contributed by atoms with Crippen LogP contribution in [0.5, 0.6) is 5.75 Å². The average molecular weight is 333 g/mol. The molecule has 0 saturated carbocycles. The van der Waals surface area contributed by atoms with Gasteiger partial charge in [-0.3, -0.25) is 9.59 Å². The summed E-state index contributed by atoms with van der Waals surface area (Å²) in [6, 6.07) is 8.04. The van der Waals surface area contributed by atoms with Crippen molar-refractivity contribution in [3.8, 4) is 5.75 Å². The normalized spacial score (nSPS) is 20.7. The van der Waals surface area contributed by atoms with Gasteiger partial charge in [0.15, 0.2) is 6.61 Å². The van der Waals surface area contributed by atoms with Crippen LogP contribution in [0.25, 0.3) is 0 Å². The number of ether oxygens (including phenoxy) is 1. The molecule has 0 spiro atoms. The molecule has 1 aliphatic rings. The van der Waals surface area contributed by atoms with Crippen LogP contribution in [0.2, 0.25) is 0 Å². The quantitative estimate of drug-likeness (QED) is 0.787. The van der Waals surface area contributed by atoms with Crippen LogP contribution < -0.4 is 15.8 Å². The molecule has 3 N–H and O–H groups in total. The maximum absolute atomic E-state index is 11.8. The Bertz CT molecular complexity index is 559. The lowest BCUT2D eigenvalue weighted by molar-refractivity contribution is -0.132. The molecule has 1 aliphatic heterocycles. The molecule has 2 amide bonds. The van der Waals surface area contributed by atoms with Gasteiger partial charge in [-0.25, -0.2) is 0 Å². The zero-order chi connectivity index (χ0) is 17.5. The second-order valence-corrected chi connectivity index (χ2v) is 6.35. The molecular formula is C18H27N3O3. The lowest BCUT2D eigenvalue weighted by atomic mass is 9.93. The molecule has 0 aliphatic carbocycles. The fourth-order valence-corrected chi connectivity index (χ4v) is 3.01. The van der Waals surface area contributed by atoms with Crippen LogP contribution in [-0.4, -0.2) is 42.5 Å². The van der Waals surface area contributed by atoms with Crippen molar-refractivity contribution in [3.63, 3.8) is 0 Å². The maximum Gasteiger partial charge on any atom is 0.255 e. The molecule has 0 bridgehead atoms. The Morgan fingerprint density at radius 1 is 1.33 bits per heavy atom. The molecule has 2 rings (SSSR count). The SMILES string of the molecule is CCC(=O)N1CC[C@H](NCc2ccc(OCC(N)=O)cc2)[C@H](C)C1. The summed E-state index contributed by atoms with van der Waals surface area (Å²) in [4.78, 5) is 24.5. The third-order valence-corrected chi connectivity index (χ3v) is 4.43. The molecule has 6 nitrogen and oxygen atoms in total. The van der Waals surface area contributed by atoms with E-state index < -0.39 is 5.91 Å². The predicted octanol–water partition coefficient (Wildman–Crippen LogP) is 1.29. The van der Waals surface area contributed by atoms with Crippen LogP contribution in [0.4, 0.5) is 0 Å². The lowest BCUT2D eigenvalue weighted by Crippen LogP contribution is -2.49. The minimum Gasteiger partial charge on any atom is -0.484 e. The highest BCUT2D eigenvalue weighted by Crippen LogP contribution is 2.19. The molecule has 2 atom stereocenters. The summed E-state index contributed by atoms with van der Waals surface area (Å²) in [6.45, 7) is 6.41. The van der Waals surface area contributed by atoms with Gasteiger partial charge in [-0.05, 0) is 30.0 Å². The van der Waals surface area contributed by atoms with Gasteiger partial charge < -0.3 is 20.7 Å². The van der Waals surface area contributed by atoms with Gasteiger partial charge in [0.05, 0.1) is 0 Å². The highest BCUT2D eigenvalue weighted by molar-refractivity contribution is 5.76. The van der Waals surface area contributed by atoms with E-state index in [9.17, 15) is 9.59 Å². The Labute approximate surface area is 143 Å². The van der Waals surface area contributed by atoms with E-state index in [0.29, 0.717) is 24.1 Å². The number of piperidine rings is 1. The minimum absolute atomic E-state index is 0.107. The number of amides is 2. The fourth-order valence-electron chi connectivity index (χ4n) is 3.01. The van der Waals surface area contributed by atoms with E-state index in [1.54, 1.807) is 0 Å². The van der Waals surface area contributed by atoms with E-state index in [1.807, 2.05) is 36.1 Å². The van der Waals surface area contributed by atoms with Gasteiger partial charge >= 0.3 is 0 Å². The second-order valence-electron chi connectivity index (χ2n) is 6.35. The van der Waals surface area contributed by atoms with Crippen LogP contribution >= 0.6 is 0 Å². The van der Waals surface area contributed by atoms with Crippen molar-refractivity contribution in [1.82, 2.24) is 10.2 Å². The predicted molar refractivity (Wildman–Crippen MR) is 92.4 cm³/mol. The number of nitrogens with zero attached hydrogens (tertiary/aromatic N) is 1. The smallest absolute Gasteiger partial charge is 0.255 e. The number of hydrogen-bond acceptors (Lipinski definition) is 4. The largest absolute Gasteiger partial charge is 0.484 e. The van der Waals surface area contributed by atoms with E-state index in [2.05, 4.69) is 12.2 Å². The summed E-state index contributed by atoms with van der Waals surface area (Å²) in [5.74, 6) is 0.833. The van der Waals surface area contributed by atoms with E-state index in [1.165, 1.54) is 0 Å². The lowest BCUT2D eigenvalue weighted by Gasteiger charge is -2.37. The average Bonchev–Trinajstić information content (AvgIpc) is 2.59. The van der Waals surface area contributed by atoms with Gasteiger partial charge in [0.1, 0.15) is 5.75 Å². The third kappa shape index (κ3) is 5.23. The van der Waals surface area contributed by atoms with Gasteiger partial charge in [0.2, 0.25) is 5.91 Å². The standard InChI is InChI=1S/C18H27N3O3/c1-3-18(23)21-9-8-16(13(2)11-21)20-10-14-4-6-15(7-5-14)24-12-17(19)22/h4-7,13,16,20H,3,8-12H2,1-2H3,(H2,19,22)/t13-,16+/m1/s1. The van der Waals surface area contributed by atoms with Crippen LogP contribution in [-0.2, 0) is 16.1 Å².